The SMILES string of the molecule is C#CC(C)(C)NC(=O)c1cccc(O)c1O. The van der Waals surface area contributed by atoms with Crippen molar-refractivity contribution in [1.29, 1.82) is 0 Å². The van der Waals surface area contributed by atoms with E-state index >= 15 is 0 Å². The van der Waals surface area contributed by atoms with Crippen molar-refractivity contribution < 1.29 is 15.0 Å². The maximum atomic E-state index is 11.7. The van der Waals surface area contributed by atoms with Gasteiger partial charge in [0.05, 0.1) is 11.1 Å². The third kappa shape index (κ3) is 2.45. The number of rotatable bonds is 2. The highest BCUT2D eigenvalue weighted by atomic mass is 16.3. The second-order valence-electron chi connectivity index (χ2n) is 3.90. The van der Waals surface area contributed by atoms with Gasteiger partial charge < -0.3 is 15.5 Å². The quantitative estimate of drug-likeness (QED) is 0.517. The van der Waals surface area contributed by atoms with Crippen LogP contribution in [0.5, 0.6) is 11.5 Å². The summed E-state index contributed by atoms with van der Waals surface area (Å²) in [5, 5.41) is 21.3. The zero-order valence-corrected chi connectivity index (χ0v) is 9.11. The van der Waals surface area contributed by atoms with E-state index in [-0.39, 0.29) is 11.3 Å². The first kappa shape index (κ1) is 11.9. The van der Waals surface area contributed by atoms with Crippen molar-refractivity contribution >= 4 is 5.91 Å². The molecule has 0 aliphatic heterocycles. The van der Waals surface area contributed by atoms with Crippen LogP contribution >= 0.6 is 0 Å². The Bertz CT molecular complexity index is 458. The predicted octanol–water partition coefficient (Wildman–Crippen LogP) is 1.24. The number of carbonyl (C=O) groups excluding carboxylic acids is 1. The number of amides is 1. The van der Waals surface area contributed by atoms with Crippen LogP contribution in [0, 0.1) is 12.3 Å². The van der Waals surface area contributed by atoms with E-state index in [9.17, 15) is 15.0 Å². The van der Waals surface area contributed by atoms with Gasteiger partial charge in [-0.15, -0.1) is 6.42 Å². The van der Waals surface area contributed by atoms with Crippen LogP contribution in [0.25, 0.3) is 0 Å². The molecule has 0 bridgehead atoms. The highest BCUT2D eigenvalue weighted by Gasteiger charge is 2.21. The topological polar surface area (TPSA) is 69.6 Å². The molecule has 4 heteroatoms. The smallest absolute Gasteiger partial charge is 0.256 e. The standard InChI is InChI=1S/C12H13NO3/c1-4-12(2,3)13-11(16)8-6-5-7-9(14)10(8)15/h1,5-7,14-15H,2-3H3,(H,13,16). The minimum absolute atomic E-state index is 0.0108. The normalized spacial score (nSPS) is 10.6. The van der Waals surface area contributed by atoms with Gasteiger partial charge in [0.2, 0.25) is 0 Å². The van der Waals surface area contributed by atoms with E-state index in [0.29, 0.717) is 0 Å². The molecule has 4 nitrogen and oxygen atoms in total. The lowest BCUT2D eigenvalue weighted by Crippen LogP contribution is -2.42. The Labute approximate surface area is 93.9 Å². The molecule has 0 saturated carbocycles. The molecule has 0 fully saturated rings. The first-order valence-corrected chi connectivity index (χ1v) is 4.68. The number of phenolic OH excluding ortho intramolecular Hbond substituents is 2. The second-order valence-corrected chi connectivity index (χ2v) is 3.90. The van der Waals surface area contributed by atoms with Crippen LogP contribution in [-0.2, 0) is 0 Å². The van der Waals surface area contributed by atoms with E-state index < -0.39 is 17.2 Å². The van der Waals surface area contributed by atoms with Gasteiger partial charge in [0.1, 0.15) is 0 Å². The van der Waals surface area contributed by atoms with Gasteiger partial charge in [0.15, 0.2) is 11.5 Å². The van der Waals surface area contributed by atoms with Gasteiger partial charge in [-0.2, -0.15) is 0 Å². The number of phenols is 2. The lowest BCUT2D eigenvalue weighted by Gasteiger charge is -2.19. The minimum Gasteiger partial charge on any atom is -0.504 e. The molecule has 0 aliphatic carbocycles. The molecule has 16 heavy (non-hydrogen) atoms. The number of terminal acetylenes is 1. The van der Waals surface area contributed by atoms with Crippen LogP contribution in [-0.4, -0.2) is 21.7 Å². The van der Waals surface area contributed by atoms with Crippen molar-refractivity contribution in [2.45, 2.75) is 19.4 Å². The van der Waals surface area contributed by atoms with Crippen LogP contribution < -0.4 is 5.32 Å². The molecule has 1 aromatic rings. The monoisotopic (exact) mass is 219 g/mol. The van der Waals surface area contributed by atoms with E-state index in [4.69, 9.17) is 6.42 Å². The Hall–Kier alpha value is -2.15. The summed E-state index contributed by atoms with van der Waals surface area (Å²) in [6.45, 7) is 3.31. The van der Waals surface area contributed by atoms with Crippen LogP contribution in [0.2, 0.25) is 0 Å². The summed E-state index contributed by atoms with van der Waals surface area (Å²) in [4.78, 5) is 11.7. The fourth-order valence-corrected chi connectivity index (χ4v) is 1.10. The molecule has 84 valence electrons. The number of para-hydroxylation sites is 1. The fourth-order valence-electron chi connectivity index (χ4n) is 1.10. The van der Waals surface area contributed by atoms with Crippen molar-refractivity contribution in [3.05, 3.63) is 23.8 Å². The summed E-state index contributed by atoms with van der Waals surface area (Å²) < 4.78 is 0. The summed E-state index contributed by atoms with van der Waals surface area (Å²) in [7, 11) is 0. The third-order valence-electron chi connectivity index (χ3n) is 2.05. The first-order valence-electron chi connectivity index (χ1n) is 4.68. The third-order valence-corrected chi connectivity index (χ3v) is 2.05. The molecule has 0 aliphatic rings. The number of nitrogens with one attached hydrogen (secondary N) is 1. The van der Waals surface area contributed by atoms with Crippen molar-refractivity contribution in [2.75, 3.05) is 0 Å². The Balaban J connectivity index is 2.99. The van der Waals surface area contributed by atoms with E-state index in [0.717, 1.165) is 0 Å². The molecule has 1 aromatic carbocycles. The van der Waals surface area contributed by atoms with Crippen molar-refractivity contribution in [3.8, 4) is 23.8 Å². The molecule has 0 saturated heterocycles. The van der Waals surface area contributed by atoms with Crippen LogP contribution in [0.4, 0.5) is 0 Å². The van der Waals surface area contributed by atoms with Gasteiger partial charge in [-0.25, -0.2) is 0 Å². The molecule has 1 amide bonds. The van der Waals surface area contributed by atoms with Crippen molar-refractivity contribution in [1.82, 2.24) is 5.32 Å². The fraction of sp³-hybridized carbons (Fsp3) is 0.250. The van der Waals surface area contributed by atoms with Gasteiger partial charge in [0, 0.05) is 0 Å². The Kier molecular flexibility index (Phi) is 3.09. The van der Waals surface area contributed by atoms with E-state index in [1.54, 1.807) is 13.8 Å². The largest absolute Gasteiger partial charge is 0.504 e. The van der Waals surface area contributed by atoms with Crippen LogP contribution in [0.1, 0.15) is 24.2 Å². The summed E-state index contributed by atoms with van der Waals surface area (Å²) in [5.74, 6) is 1.08. The Morgan fingerprint density at radius 3 is 2.62 bits per heavy atom. The molecule has 0 aromatic heterocycles. The Morgan fingerprint density at radius 2 is 2.06 bits per heavy atom. The number of benzene rings is 1. The zero-order chi connectivity index (χ0) is 12.3. The number of carbonyl (C=O) groups is 1. The maximum Gasteiger partial charge on any atom is 0.256 e. The molecule has 1 rings (SSSR count). The molecular formula is C12H13NO3. The van der Waals surface area contributed by atoms with Gasteiger partial charge in [-0.3, -0.25) is 4.79 Å². The number of hydrogen-bond acceptors (Lipinski definition) is 3. The van der Waals surface area contributed by atoms with E-state index in [1.807, 2.05) is 0 Å². The summed E-state index contributed by atoms with van der Waals surface area (Å²) in [6.07, 6.45) is 5.22. The van der Waals surface area contributed by atoms with Gasteiger partial charge in [-0.1, -0.05) is 12.0 Å². The lowest BCUT2D eigenvalue weighted by atomic mass is 10.1. The summed E-state index contributed by atoms with van der Waals surface area (Å²) in [6, 6.07) is 4.16. The zero-order valence-electron chi connectivity index (χ0n) is 9.11. The highest BCUT2D eigenvalue weighted by molar-refractivity contribution is 5.98. The van der Waals surface area contributed by atoms with E-state index in [2.05, 4.69) is 11.2 Å². The highest BCUT2D eigenvalue weighted by Crippen LogP contribution is 2.28. The predicted molar refractivity (Wildman–Crippen MR) is 60.1 cm³/mol. The summed E-state index contributed by atoms with van der Waals surface area (Å²) >= 11 is 0. The molecule has 0 unspecified atom stereocenters. The average molecular weight is 219 g/mol. The molecule has 0 spiro atoms. The molecule has 0 atom stereocenters. The second kappa shape index (κ2) is 4.15. The van der Waals surface area contributed by atoms with Crippen molar-refractivity contribution in [3.63, 3.8) is 0 Å². The molecule has 3 N–H and O–H groups in total. The van der Waals surface area contributed by atoms with Gasteiger partial charge in [0.25, 0.3) is 5.91 Å². The lowest BCUT2D eigenvalue weighted by molar-refractivity contribution is 0.0926. The number of aromatic hydroxyl groups is 2. The first-order chi connectivity index (χ1) is 7.37. The minimum atomic E-state index is -0.811. The van der Waals surface area contributed by atoms with E-state index in [1.165, 1.54) is 18.2 Å². The Morgan fingerprint density at radius 1 is 1.44 bits per heavy atom. The number of hydrogen-bond donors (Lipinski definition) is 3. The van der Waals surface area contributed by atoms with Gasteiger partial charge in [-0.05, 0) is 26.0 Å². The molecule has 0 radical (unpaired) electrons. The summed E-state index contributed by atoms with van der Waals surface area (Å²) in [5.41, 5.74) is -0.821. The van der Waals surface area contributed by atoms with Crippen LogP contribution in [0.15, 0.2) is 18.2 Å². The maximum absolute atomic E-state index is 11.7. The molecule has 0 heterocycles. The molecular weight excluding hydrogens is 206 g/mol. The van der Waals surface area contributed by atoms with Gasteiger partial charge >= 0.3 is 0 Å². The van der Waals surface area contributed by atoms with Crippen LogP contribution in [0.3, 0.4) is 0 Å². The van der Waals surface area contributed by atoms with Crippen molar-refractivity contribution in [2.24, 2.45) is 0 Å². The average Bonchev–Trinajstić information content (AvgIpc) is 2.21.